The largest absolute Gasteiger partial charge is 0.573 e. The first kappa shape index (κ1) is 19.8. The van der Waals surface area contributed by atoms with Gasteiger partial charge in [0.25, 0.3) is 0 Å². The van der Waals surface area contributed by atoms with Crippen molar-refractivity contribution in [3.63, 3.8) is 0 Å². The minimum absolute atomic E-state index is 0.0714. The van der Waals surface area contributed by atoms with Gasteiger partial charge in [-0.2, -0.15) is 0 Å². The number of halogens is 3. The number of ether oxygens (including phenoxy) is 2. The average molecular weight is 414 g/mol. The number of allylic oxidation sites excluding steroid dienone is 1. The molecule has 0 saturated heterocycles. The summed E-state index contributed by atoms with van der Waals surface area (Å²) in [6.07, 6.45) is 1.38. The van der Waals surface area contributed by atoms with Crippen LogP contribution in [0.5, 0.6) is 11.5 Å². The lowest BCUT2D eigenvalue weighted by Crippen LogP contribution is -2.27. The van der Waals surface area contributed by atoms with Gasteiger partial charge in [0.2, 0.25) is 5.78 Å². The number of furan rings is 1. The summed E-state index contributed by atoms with van der Waals surface area (Å²) in [6, 6.07) is 10.8. The van der Waals surface area contributed by atoms with E-state index in [1.807, 2.05) is 32.1 Å². The number of carbonyl (C=O) groups is 1. The standard InChI is InChI=1S/C23H17F3O4/c1-22(2)12-11-16-19(29-22)10-8-15-13-20(28-21(15)16)17(27)9-7-14-5-3-4-6-18(14)30-23(24,25)26/h3-13H,1-2H3/b9-7+. The Morgan fingerprint density at radius 3 is 2.67 bits per heavy atom. The van der Waals surface area contributed by atoms with E-state index in [4.69, 9.17) is 9.15 Å². The van der Waals surface area contributed by atoms with E-state index in [1.165, 1.54) is 24.3 Å². The van der Waals surface area contributed by atoms with Crippen molar-refractivity contribution in [3.05, 3.63) is 71.5 Å². The zero-order valence-corrected chi connectivity index (χ0v) is 16.1. The van der Waals surface area contributed by atoms with Crippen molar-refractivity contribution in [3.8, 4) is 11.5 Å². The molecule has 0 aliphatic carbocycles. The normalized spacial score (nSPS) is 15.2. The summed E-state index contributed by atoms with van der Waals surface area (Å²) in [4.78, 5) is 12.6. The van der Waals surface area contributed by atoms with E-state index in [2.05, 4.69) is 4.74 Å². The Hall–Kier alpha value is -3.48. The molecule has 0 atom stereocenters. The number of alkyl halides is 3. The Morgan fingerprint density at radius 2 is 1.90 bits per heavy atom. The van der Waals surface area contributed by atoms with Crippen LogP contribution in [-0.2, 0) is 0 Å². The Labute approximate surface area is 170 Å². The van der Waals surface area contributed by atoms with Gasteiger partial charge in [0, 0.05) is 10.9 Å². The molecule has 0 unspecified atom stereocenters. The van der Waals surface area contributed by atoms with Crippen LogP contribution in [0.15, 0.2) is 59.0 Å². The van der Waals surface area contributed by atoms with Gasteiger partial charge in [0.1, 0.15) is 22.7 Å². The maximum Gasteiger partial charge on any atom is 0.573 e. The van der Waals surface area contributed by atoms with E-state index in [0.29, 0.717) is 11.3 Å². The van der Waals surface area contributed by atoms with E-state index in [0.717, 1.165) is 17.0 Å². The number of benzene rings is 2. The molecule has 4 rings (SSSR count). The van der Waals surface area contributed by atoms with E-state index in [9.17, 15) is 18.0 Å². The van der Waals surface area contributed by atoms with Gasteiger partial charge in [-0.1, -0.05) is 18.2 Å². The Morgan fingerprint density at radius 1 is 1.13 bits per heavy atom. The molecule has 0 radical (unpaired) electrons. The topological polar surface area (TPSA) is 48.7 Å². The zero-order valence-electron chi connectivity index (χ0n) is 16.1. The fraction of sp³-hybridized carbons (Fsp3) is 0.174. The van der Waals surface area contributed by atoms with Crippen LogP contribution in [0.2, 0.25) is 0 Å². The smallest absolute Gasteiger partial charge is 0.483 e. The van der Waals surface area contributed by atoms with Crippen LogP contribution in [0, 0.1) is 0 Å². The molecule has 0 spiro atoms. The van der Waals surface area contributed by atoms with Crippen LogP contribution in [-0.4, -0.2) is 17.7 Å². The number of ketones is 1. The molecular formula is C23H17F3O4. The third-order valence-corrected chi connectivity index (χ3v) is 4.51. The predicted octanol–water partition coefficient (Wildman–Crippen LogP) is 6.41. The second-order valence-electron chi connectivity index (χ2n) is 7.33. The minimum Gasteiger partial charge on any atom is -0.483 e. The Kier molecular flexibility index (Phi) is 4.68. The first-order chi connectivity index (χ1) is 14.1. The molecule has 3 aromatic rings. The van der Waals surface area contributed by atoms with Gasteiger partial charge in [-0.05, 0) is 62.4 Å². The number of fused-ring (bicyclic) bond motifs is 3. The van der Waals surface area contributed by atoms with Crippen LogP contribution < -0.4 is 9.47 Å². The van der Waals surface area contributed by atoms with E-state index < -0.39 is 23.5 Å². The van der Waals surface area contributed by atoms with Gasteiger partial charge < -0.3 is 13.9 Å². The first-order valence-electron chi connectivity index (χ1n) is 9.13. The van der Waals surface area contributed by atoms with Crippen LogP contribution in [0.1, 0.15) is 35.5 Å². The van der Waals surface area contributed by atoms with Crippen molar-refractivity contribution >= 4 is 28.9 Å². The molecule has 1 aromatic heterocycles. The molecule has 0 N–H and O–H groups in total. The van der Waals surface area contributed by atoms with Crippen LogP contribution in [0.3, 0.4) is 0 Å². The second-order valence-corrected chi connectivity index (χ2v) is 7.33. The fourth-order valence-electron chi connectivity index (χ4n) is 3.16. The molecule has 4 nitrogen and oxygen atoms in total. The van der Waals surface area contributed by atoms with Crippen LogP contribution in [0.25, 0.3) is 23.1 Å². The number of hydrogen-bond acceptors (Lipinski definition) is 4. The third kappa shape index (κ3) is 4.10. The summed E-state index contributed by atoms with van der Waals surface area (Å²) in [5.41, 5.74) is 0.923. The van der Waals surface area contributed by atoms with Gasteiger partial charge in [0.15, 0.2) is 5.76 Å². The zero-order chi connectivity index (χ0) is 21.5. The Balaban J connectivity index is 1.62. The number of para-hydroxylation sites is 1. The lowest BCUT2D eigenvalue weighted by Gasteiger charge is -2.27. The summed E-state index contributed by atoms with van der Waals surface area (Å²) >= 11 is 0. The quantitative estimate of drug-likeness (QED) is 0.366. The number of carbonyl (C=O) groups excluding carboxylic acids is 1. The van der Waals surface area contributed by atoms with Gasteiger partial charge in [-0.3, -0.25) is 4.79 Å². The highest BCUT2D eigenvalue weighted by Crippen LogP contribution is 2.37. The maximum absolute atomic E-state index is 12.6. The van der Waals surface area contributed by atoms with Crippen LogP contribution >= 0.6 is 0 Å². The molecule has 0 fully saturated rings. The van der Waals surface area contributed by atoms with Crippen LogP contribution in [0.4, 0.5) is 13.2 Å². The van der Waals surface area contributed by atoms with E-state index in [1.54, 1.807) is 18.2 Å². The summed E-state index contributed by atoms with van der Waals surface area (Å²) in [6.45, 7) is 3.86. The molecule has 0 bridgehead atoms. The molecule has 2 aromatic carbocycles. The maximum atomic E-state index is 12.6. The SMILES string of the molecule is CC1(C)C=Cc2c(ccc3cc(C(=O)/C=C/c4ccccc4OC(F)(F)F)oc23)O1. The van der Waals surface area contributed by atoms with E-state index in [-0.39, 0.29) is 11.3 Å². The van der Waals surface area contributed by atoms with Crippen molar-refractivity contribution in [1.82, 2.24) is 0 Å². The highest BCUT2D eigenvalue weighted by atomic mass is 19.4. The van der Waals surface area contributed by atoms with Crippen molar-refractivity contribution in [2.45, 2.75) is 25.8 Å². The highest BCUT2D eigenvalue weighted by molar-refractivity contribution is 6.07. The summed E-state index contributed by atoms with van der Waals surface area (Å²) in [7, 11) is 0. The summed E-state index contributed by atoms with van der Waals surface area (Å²) in [5.74, 6) is -0.153. The van der Waals surface area contributed by atoms with Crippen molar-refractivity contribution in [2.24, 2.45) is 0 Å². The second kappa shape index (κ2) is 7.09. The minimum atomic E-state index is -4.82. The fourth-order valence-corrected chi connectivity index (χ4v) is 3.16. The van der Waals surface area contributed by atoms with Crippen molar-refractivity contribution < 1.29 is 31.9 Å². The predicted molar refractivity (Wildman–Crippen MR) is 106 cm³/mol. The highest BCUT2D eigenvalue weighted by Gasteiger charge is 2.31. The van der Waals surface area contributed by atoms with Gasteiger partial charge in [-0.25, -0.2) is 0 Å². The Bertz CT molecular complexity index is 1180. The van der Waals surface area contributed by atoms with Gasteiger partial charge in [-0.15, -0.1) is 13.2 Å². The number of hydrogen-bond donors (Lipinski definition) is 0. The molecule has 7 heteroatoms. The number of rotatable bonds is 4. The summed E-state index contributed by atoms with van der Waals surface area (Å²) < 4.78 is 53.3. The van der Waals surface area contributed by atoms with Gasteiger partial charge in [0.05, 0.1) is 5.56 Å². The third-order valence-electron chi connectivity index (χ3n) is 4.51. The van der Waals surface area contributed by atoms with E-state index >= 15 is 0 Å². The molecule has 30 heavy (non-hydrogen) atoms. The molecule has 0 amide bonds. The molecular weight excluding hydrogens is 397 g/mol. The monoisotopic (exact) mass is 414 g/mol. The molecule has 2 heterocycles. The molecule has 1 aliphatic heterocycles. The first-order valence-corrected chi connectivity index (χ1v) is 9.13. The average Bonchev–Trinajstić information content (AvgIpc) is 3.09. The molecule has 154 valence electrons. The van der Waals surface area contributed by atoms with Crippen molar-refractivity contribution in [2.75, 3.05) is 0 Å². The lowest BCUT2D eigenvalue weighted by molar-refractivity contribution is -0.274. The lowest BCUT2D eigenvalue weighted by atomic mass is 10.0. The summed E-state index contributed by atoms with van der Waals surface area (Å²) in [5, 5.41) is 0.722. The van der Waals surface area contributed by atoms with Crippen molar-refractivity contribution in [1.29, 1.82) is 0 Å². The molecule has 0 saturated carbocycles. The van der Waals surface area contributed by atoms with Gasteiger partial charge >= 0.3 is 6.36 Å². The molecule has 1 aliphatic rings.